The maximum atomic E-state index is 12.7. The molecule has 0 aliphatic carbocycles. The summed E-state index contributed by atoms with van der Waals surface area (Å²) >= 11 is 1.09. The molecule has 0 spiro atoms. The molecule has 62 heavy (non-hydrogen) atoms. The molecule has 2 aromatic heterocycles. The summed E-state index contributed by atoms with van der Waals surface area (Å²) in [6.45, 7) is 6.55. The van der Waals surface area contributed by atoms with Crippen LogP contribution >= 0.6 is 35.2 Å². The Balaban J connectivity index is 1.19. The Morgan fingerprint density at radius 2 is 1.65 bits per heavy atom. The second-order valence-electron chi connectivity index (χ2n) is 15.3. The zero-order chi connectivity index (χ0) is 46.2. The van der Waals surface area contributed by atoms with E-state index in [1.54, 1.807) is 0 Å². The van der Waals surface area contributed by atoms with Gasteiger partial charge in [-0.3, -0.25) is 32.5 Å². The lowest BCUT2D eigenvalue weighted by molar-refractivity contribution is -0.137. The Bertz CT molecular complexity index is 2180. The number of anilines is 1. The molecule has 0 bridgehead atoms. The highest BCUT2D eigenvalue weighted by molar-refractivity contribution is 8.13. The Hall–Kier alpha value is -3.22. The van der Waals surface area contributed by atoms with Crippen molar-refractivity contribution in [2.45, 2.75) is 84.0 Å². The number of phosphoric ester groups is 3. The molecule has 1 aliphatic heterocycles. The summed E-state index contributed by atoms with van der Waals surface area (Å²) < 4.78 is 62.3. The topological polar surface area (TPSA) is 364 Å². The van der Waals surface area contributed by atoms with Crippen molar-refractivity contribution in [2.75, 3.05) is 37.8 Å². The molecule has 1 saturated heterocycles. The lowest BCUT2D eigenvalue weighted by Crippen LogP contribution is -2.46. The smallest absolute Gasteiger partial charge is 0.386 e. The number of ether oxygens (including phenoxy) is 1. The number of aliphatic hydroxyl groups is 2. The first-order valence-electron chi connectivity index (χ1n) is 18.9. The van der Waals surface area contributed by atoms with Crippen molar-refractivity contribution in [2.24, 2.45) is 11.3 Å². The van der Waals surface area contributed by atoms with Crippen LogP contribution in [0.1, 0.15) is 64.3 Å². The number of nitrogen functional groups attached to an aromatic ring is 1. The van der Waals surface area contributed by atoms with Gasteiger partial charge >= 0.3 is 23.5 Å². The number of phosphoric acid groups is 3. The fourth-order valence-electron chi connectivity index (χ4n) is 5.96. The summed E-state index contributed by atoms with van der Waals surface area (Å²) in [5.41, 5.74) is 6.36. The van der Waals surface area contributed by atoms with Gasteiger partial charge in [-0.25, -0.2) is 28.6 Å². The minimum absolute atomic E-state index is 0.0297. The van der Waals surface area contributed by atoms with E-state index in [2.05, 4.69) is 48.3 Å². The average molecular weight is 956 g/mol. The van der Waals surface area contributed by atoms with Crippen molar-refractivity contribution in [3.63, 3.8) is 0 Å². The Kier molecular flexibility index (Phi) is 17.9. The number of hydrogen-bond donors (Lipinski definition) is 9. The summed E-state index contributed by atoms with van der Waals surface area (Å²) in [7, 11) is -16.4. The molecule has 3 heterocycles. The molecular weight excluding hydrogens is 903 g/mol. The van der Waals surface area contributed by atoms with Gasteiger partial charge in [0.2, 0.25) is 11.8 Å². The summed E-state index contributed by atoms with van der Waals surface area (Å²) in [6, 6.07) is 7.93. The van der Waals surface area contributed by atoms with Crippen LogP contribution in [0.4, 0.5) is 5.82 Å². The van der Waals surface area contributed by atoms with Crippen LogP contribution in [0.25, 0.3) is 11.2 Å². The van der Waals surface area contributed by atoms with E-state index in [4.69, 9.17) is 19.5 Å². The molecule has 0 saturated carbocycles. The van der Waals surface area contributed by atoms with Crippen LogP contribution in [0.5, 0.6) is 0 Å². The molecule has 4 rings (SSSR count). The standard InChI is InChI=1S/C34H52N7O17P3S/c1-19(2)14-21-6-8-22(9-7-21)20(3)33(46)62-13-12-36-24(42)10-11-37-31(45)28(44)34(4,5)16-55-61(52,53)58-60(50,51)54-15-23-27(57-59(47,48)49)26(43)32(56-23)41-18-40-25-29(35)38-17-39-30(25)41/h6-9,17-20,23,26-28,32,43-44H,10-16H2,1-5H3,(H,36,42)(H,37,45)(H,50,51)(H,52,53)(H2,35,38,39)(H2,47,48,49)/t20-,23-,26-,27-,28+,32-/m1/s1. The van der Waals surface area contributed by atoms with Crippen molar-refractivity contribution in [1.29, 1.82) is 0 Å². The summed E-state index contributed by atoms with van der Waals surface area (Å²) in [5.74, 6) is -0.954. The highest BCUT2D eigenvalue weighted by Crippen LogP contribution is 2.61. The first-order chi connectivity index (χ1) is 28.8. The highest BCUT2D eigenvalue weighted by Gasteiger charge is 2.50. The quantitative estimate of drug-likeness (QED) is 0.0482. The zero-order valence-corrected chi connectivity index (χ0v) is 37.7. The SMILES string of the molecule is CC(C)Cc1ccc([C@@H](C)C(=O)SCCNC(=O)CCNC(=O)[C@H](O)C(C)(C)COP(=O)(O)OP(=O)(O)OC[C@H]2O[C@@H](n3cnc4c(N)ncnc43)[C@H](O)[C@@H]2OP(=O)(O)O)cc1. The fraction of sp³-hybridized carbons (Fsp3) is 0.588. The molecule has 3 aromatic rings. The van der Waals surface area contributed by atoms with Gasteiger partial charge < -0.3 is 50.9 Å². The maximum absolute atomic E-state index is 12.7. The second kappa shape index (κ2) is 21.6. The molecule has 24 nitrogen and oxygen atoms in total. The van der Waals surface area contributed by atoms with Gasteiger partial charge in [-0.1, -0.05) is 70.6 Å². The van der Waals surface area contributed by atoms with Crippen molar-refractivity contribution >= 4 is 69.1 Å². The van der Waals surface area contributed by atoms with E-state index in [-0.39, 0.29) is 47.5 Å². The monoisotopic (exact) mass is 955 g/mol. The number of carbonyl (C=O) groups excluding carboxylic acids is 3. The van der Waals surface area contributed by atoms with Crippen LogP contribution in [0.3, 0.4) is 0 Å². The molecule has 2 amide bonds. The first kappa shape index (κ1) is 51.4. The molecule has 1 fully saturated rings. The molecule has 0 radical (unpaired) electrons. The lowest BCUT2D eigenvalue weighted by Gasteiger charge is -2.30. The van der Waals surface area contributed by atoms with Crippen molar-refractivity contribution in [3.8, 4) is 0 Å². The third-order valence-corrected chi connectivity index (χ3v) is 13.4. The molecule has 10 N–H and O–H groups in total. The zero-order valence-electron chi connectivity index (χ0n) is 34.2. The van der Waals surface area contributed by atoms with Crippen molar-refractivity contribution in [1.82, 2.24) is 30.2 Å². The van der Waals surface area contributed by atoms with Crippen molar-refractivity contribution < 1.29 is 80.5 Å². The number of amides is 2. The van der Waals surface area contributed by atoms with Crippen LogP contribution in [-0.2, 0) is 57.1 Å². The van der Waals surface area contributed by atoms with Crippen LogP contribution in [0.2, 0.25) is 0 Å². The largest absolute Gasteiger partial charge is 0.481 e. The predicted octanol–water partition coefficient (Wildman–Crippen LogP) is 1.67. The number of carbonyl (C=O) groups is 3. The van der Waals surface area contributed by atoms with Crippen LogP contribution in [-0.4, -0.2) is 123 Å². The summed E-state index contributed by atoms with van der Waals surface area (Å²) in [4.78, 5) is 88.8. The van der Waals surface area contributed by atoms with Gasteiger partial charge in [0.25, 0.3) is 0 Å². The molecule has 8 atom stereocenters. The number of fused-ring (bicyclic) bond motifs is 1. The third kappa shape index (κ3) is 14.9. The molecule has 1 aliphatic rings. The number of imidazole rings is 1. The highest BCUT2D eigenvalue weighted by atomic mass is 32.2. The van der Waals surface area contributed by atoms with Crippen molar-refractivity contribution in [3.05, 3.63) is 48.0 Å². The molecular formula is C34H52N7O17P3S. The first-order valence-corrected chi connectivity index (χ1v) is 24.4. The van der Waals surface area contributed by atoms with E-state index in [9.17, 15) is 57.9 Å². The number of benzene rings is 1. The number of rotatable bonds is 23. The van der Waals surface area contributed by atoms with Crippen LogP contribution in [0, 0.1) is 11.3 Å². The lowest BCUT2D eigenvalue weighted by atomic mass is 9.87. The maximum Gasteiger partial charge on any atom is 0.481 e. The number of thioether (sulfide) groups is 1. The average Bonchev–Trinajstić information content (AvgIpc) is 3.74. The molecule has 346 valence electrons. The second-order valence-corrected chi connectivity index (χ2v) is 20.6. The van der Waals surface area contributed by atoms with E-state index in [1.807, 2.05) is 31.2 Å². The van der Waals surface area contributed by atoms with Crippen LogP contribution in [0.15, 0.2) is 36.9 Å². The Labute approximate surface area is 360 Å². The summed E-state index contributed by atoms with van der Waals surface area (Å²) in [5, 5.41) is 26.5. The Morgan fingerprint density at radius 3 is 2.29 bits per heavy atom. The van der Waals surface area contributed by atoms with Gasteiger partial charge in [0.15, 0.2) is 22.8 Å². The number of hydrogen-bond acceptors (Lipinski definition) is 18. The van der Waals surface area contributed by atoms with Gasteiger partial charge in [-0.15, -0.1) is 0 Å². The minimum atomic E-state index is -5.58. The normalized spacial score (nSPS) is 21.3. The Morgan fingerprint density at radius 1 is 0.984 bits per heavy atom. The van der Waals surface area contributed by atoms with E-state index in [0.29, 0.717) is 11.7 Å². The number of aromatic nitrogens is 4. The molecule has 2 unspecified atom stereocenters. The summed E-state index contributed by atoms with van der Waals surface area (Å²) in [6.07, 6.45) is -6.00. The van der Waals surface area contributed by atoms with E-state index < -0.39 is 84.6 Å². The number of aliphatic hydroxyl groups excluding tert-OH is 2. The number of nitrogens with zero attached hydrogens (tertiary/aromatic N) is 4. The van der Waals surface area contributed by atoms with Gasteiger partial charge in [0.05, 0.1) is 25.5 Å². The van der Waals surface area contributed by atoms with E-state index in [1.165, 1.54) is 19.4 Å². The predicted molar refractivity (Wildman–Crippen MR) is 220 cm³/mol. The van der Waals surface area contributed by atoms with Crippen LogP contribution < -0.4 is 16.4 Å². The van der Waals surface area contributed by atoms with Gasteiger partial charge in [-0.05, 0) is 23.5 Å². The minimum Gasteiger partial charge on any atom is -0.386 e. The third-order valence-electron chi connectivity index (χ3n) is 9.22. The van der Waals surface area contributed by atoms with Gasteiger partial charge in [0.1, 0.15) is 36.3 Å². The van der Waals surface area contributed by atoms with E-state index >= 15 is 0 Å². The molecule has 28 heteroatoms. The molecule has 1 aromatic carbocycles. The fourth-order valence-corrected chi connectivity index (χ4v) is 9.58. The van der Waals surface area contributed by atoms with E-state index in [0.717, 1.165) is 41.0 Å². The van der Waals surface area contributed by atoms with Gasteiger partial charge in [0, 0.05) is 30.7 Å². The number of nitrogens with two attached hydrogens (primary N) is 1. The van der Waals surface area contributed by atoms with Gasteiger partial charge in [-0.2, -0.15) is 4.31 Å². The number of nitrogens with one attached hydrogen (secondary N) is 2.